The molecule has 0 radical (unpaired) electrons. The Morgan fingerprint density at radius 2 is 2.00 bits per heavy atom. The van der Waals surface area contributed by atoms with Gasteiger partial charge in [-0.2, -0.15) is 4.98 Å². The van der Waals surface area contributed by atoms with Crippen molar-refractivity contribution in [1.29, 1.82) is 0 Å². The van der Waals surface area contributed by atoms with E-state index in [0.29, 0.717) is 39.7 Å². The van der Waals surface area contributed by atoms with E-state index in [1.807, 2.05) is 26.2 Å². The average Bonchev–Trinajstić information content (AvgIpc) is 3.63. The van der Waals surface area contributed by atoms with Crippen molar-refractivity contribution < 1.29 is 8.42 Å². The summed E-state index contributed by atoms with van der Waals surface area (Å²) in [5.41, 5.74) is 3.74. The van der Waals surface area contributed by atoms with Gasteiger partial charge in [-0.25, -0.2) is 13.4 Å². The Labute approximate surface area is 238 Å². The second kappa shape index (κ2) is 11.1. The van der Waals surface area contributed by atoms with Gasteiger partial charge in [-0.1, -0.05) is 18.7 Å². The predicted molar refractivity (Wildman–Crippen MR) is 162 cm³/mol. The maximum Gasteiger partial charge on any atom is 0.261 e. The van der Waals surface area contributed by atoms with Crippen molar-refractivity contribution in [2.24, 2.45) is 0 Å². The van der Waals surface area contributed by atoms with Crippen molar-refractivity contribution in [3.8, 4) is 0 Å². The third-order valence-electron chi connectivity index (χ3n) is 7.29. The number of sulfone groups is 1. The zero-order valence-electron chi connectivity index (χ0n) is 23.1. The number of hydrogen-bond acceptors (Lipinski definition) is 9. The van der Waals surface area contributed by atoms with Gasteiger partial charge in [0, 0.05) is 49.2 Å². The fourth-order valence-corrected chi connectivity index (χ4v) is 7.64. The Morgan fingerprint density at radius 3 is 2.65 bits per heavy atom. The standard InChI is InChI=1S/C29H34N6O3S2/c1-18(2)40(37,38)28-22(11-13-39-28)17-35-26-23(14-25(27(35)36)19(3)34(4)5)16-31-29(33-26)32-24-8-6-20(7-9-24)21-10-12-30-15-21/h6-9,11,13-14,16,18,21,30H,3,10,12,15,17H2,1-2,4-5H3,(H,31,32,33). The van der Waals surface area contributed by atoms with Crippen LogP contribution in [0.4, 0.5) is 11.6 Å². The third kappa shape index (κ3) is 5.41. The number of pyridine rings is 1. The first-order valence-electron chi connectivity index (χ1n) is 13.2. The zero-order valence-corrected chi connectivity index (χ0v) is 24.8. The van der Waals surface area contributed by atoms with E-state index in [-0.39, 0.29) is 16.3 Å². The van der Waals surface area contributed by atoms with Gasteiger partial charge < -0.3 is 15.5 Å². The minimum atomic E-state index is -3.52. The van der Waals surface area contributed by atoms with E-state index in [2.05, 4.69) is 34.3 Å². The first-order valence-corrected chi connectivity index (χ1v) is 15.6. The third-order valence-corrected chi connectivity index (χ3v) is 11.0. The number of anilines is 2. The molecule has 1 aliphatic rings. The van der Waals surface area contributed by atoms with Crippen LogP contribution in [0.5, 0.6) is 0 Å². The molecular weight excluding hydrogens is 544 g/mol. The fourth-order valence-electron chi connectivity index (χ4n) is 4.79. The molecular formula is C29H34N6O3S2. The molecule has 1 aliphatic heterocycles. The molecule has 0 bridgehead atoms. The zero-order chi connectivity index (χ0) is 28.6. The van der Waals surface area contributed by atoms with Crippen LogP contribution >= 0.6 is 11.3 Å². The topological polar surface area (TPSA) is 109 Å². The highest BCUT2D eigenvalue weighted by atomic mass is 32.2. The molecule has 4 aromatic rings. The number of thiophene rings is 1. The van der Waals surface area contributed by atoms with Gasteiger partial charge in [0.25, 0.3) is 5.56 Å². The van der Waals surface area contributed by atoms with Gasteiger partial charge in [0.2, 0.25) is 5.95 Å². The predicted octanol–water partition coefficient (Wildman–Crippen LogP) is 4.44. The van der Waals surface area contributed by atoms with Gasteiger partial charge in [-0.3, -0.25) is 9.36 Å². The molecule has 1 fully saturated rings. The van der Waals surface area contributed by atoms with Crippen molar-refractivity contribution in [1.82, 2.24) is 24.8 Å². The van der Waals surface area contributed by atoms with Gasteiger partial charge >= 0.3 is 0 Å². The van der Waals surface area contributed by atoms with Crippen molar-refractivity contribution in [3.63, 3.8) is 0 Å². The minimum absolute atomic E-state index is 0.0508. The van der Waals surface area contributed by atoms with E-state index in [0.717, 1.165) is 25.2 Å². The number of aromatic nitrogens is 3. The summed E-state index contributed by atoms with van der Waals surface area (Å²) in [5.74, 6) is 0.864. The molecule has 9 nitrogen and oxygen atoms in total. The Hall–Kier alpha value is -3.54. The molecule has 0 saturated carbocycles. The summed E-state index contributed by atoms with van der Waals surface area (Å²) < 4.78 is 27.9. The molecule has 11 heteroatoms. The summed E-state index contributed by atoms with van der Waals surface area (Å²) >= 11 is 1.17. The van der Waals surface area contributed by atoms with Gasteiger partial charge in [-0.15, -0.1) is 11.3 Å². The van der Waals surface area contributed by atoms with Crippen molar-refractivity contribution in [2.45, 2.75) is 42.2 Å². The molecule has 5 rings (SSSR count). The number of hydrogen-bond donors (Lipinski definition) is 2. The summed E-state index contributed by atoms with van der Waals surface area (Å²) in [7, 11) is 0.119. The second-order valence-electron chi connectivity index (χ2n) is 10.5. The Kier molecular flexibility index (Phi) is 7.80. The van der Waals surface area contributed by atoms with Gasteiger partial charge in [0.15, 0.2) is 9.84 Å². The first kappa shape index (κ1) is 28.0. The smallest absolute Gasteiger partial charge is 0.261 e. The lowest BCUT2D eigenvalue weighted by Crippen LogP contribution is -2.28. The molecule has 1 atom stereocenters. The maximum atomic E-state index is 13.8. The van der Waals surface area contributed by atoms with E-state index < -0.39 is 15.1 Å². The van der Waals surface area contributed by atoms with Crippen LogP contribution in [0, 0.1) is 0 Å². The molecule has 1 unspecified atom stereocenters. The number of benzene rings is 1. The number of nitrogens with zero attached hydrogens (tertiary/aromatic N) is 4. The van der Waals surface area contributed by atoms with E-state index in [1.54, 1.807) is 42.5 Å². The lowest BCUT2D eigenvalue weighted by atomic mass is 9.98. The van der Waals surface area contributed by atoms with Crippen LogP contribution in [0.15, 0.2) is 63.6 Å². The summed E-state index contributed by atoms with van der Waals surface area (Å²) in [4.78, 5) is 24.8. The molecule has 0 aliphatic carbocycles. The van der Waals surface area contributed by atoms with Gasteiger partial charge in [-0.05, 0) is 67.9 Å². The molecule has 2 N–H and O–H groups in total. The molecule has 0 amide bonds. The van der Waals surface area contributed by atoms with Gasteiger partial charge in [0.1, 0.15) is 9.86 Å². The quantitative estimate of drug-likeness (QED) is 0.300. The largest absolute Gasteiger partial charge is 0.377 e. The summed E-state index contributed by atoms with van der Waals surface area (Å²) in [6, 6.07) is 11.7. The van der Waals surface area contributed by atoms with Crippen LogP contribution in [-0.2, 0) is 16.4 Å². The fraction of sp³-hybridized carbons (Fsp3) is 0.345. The molecule has 4 heterocycles. The second-order valence-corrected chi connectivity index (χ2v) is 14.1. The van der Waals surface area contributed by atoms with Crippen molar-refractivity contribution >= 4 is 49.5 Å². The van der Waals surface area contributed by atoms with E-state index in [1.165, 1.54) is 21.5 Å². The normalized spacial score (nSPS) is 15.6. The number of nitrogens with one attached hydrogen (secondary N) is 2. The Morgan fingerprint density at radius 1 is 1.25 bits per heavy atom. The van der Waals surface area contributed by atoms with Crippen molar-refractivity contribution in [3.05, 3.63) is 81.6 Å². The van der Waals surface area contributed by atoms with Crippen LogP contribution in [-0.4, -0.2) is 60.3 Å². The highest BCUT2D eigenvalue weighted by molar-refractivity contribution is 7.94. The Balaban J connectivity index is 1.57. The maximum absolute atomic E-state index is 13.8. The molecule has 210 valence electrons. The lowest BCUT2D eigenvalue weighted by molar-refractivity contribution is 0.587. The molecule has 1 aromatic carbocycles. The monoisotopic (exact) mass is 578 g/mol. The highest BCUT2D eigenvalue weighted by Gasteiger charge is 2.25. The first-order chi connectivity index (χ1) is 19.1. The lowest BCUT2D eigenvalue weighted by Gasteiger charge is -2.19. The van der Waals surface area contributed by atoms with Crippen LogP contribution in [0.1, 0.15) is 42.9 Å². The minimum Gasteiger partial charge on any atom is -0.377 e. The highest BCUT2D eigenvalue weighted by Crippen LogP contribution is 2.29. The van der Waals surface area contributed by atoms with E-state index >= 15 is 0 Å². The van der Waals surface area contributed by atoms with E-state index in [9.17, 15) is 13.2 Å². The van der Waals surface area contributed by atoms with Crippen LogP contribution < -0.4 is 16.2 Å². The molecule has 3 aromatic heterocycles. The molecule has 40 heavy (non-hydrogen) atoms. The van der Waals surface area contributed by atoms with E-state index in [4.69, 9.17) is 4.98 Å². The summed E-state index contributed by atoms with van der Waals surface area (Å²) in [5, 5.41) is 8.47. The SMILES string of the molecule is C=C(c1cc2cnc(Nc3ccc(C4CCNC4)cc3)nc2n(Cc2ccsc2S(=O)(=O)C(C)C)c1=O)N(C)C. The van der Waals surface area contributed by atoms with Crippen LogP contribution in [0.3, 0.4) is 0 Å². The Bertz CT molecular complexity index is 1720. The van der Waals surface area contributed by atoms with Crippen LogP contribution in [0.25, 0.3) is 16.7 Å². The summed E-state index contributed by atoms with van der Waals surface area (Å²) in [6.07, 6.45) is 2.80. The van der Waals surface area contributed by atoms with Crippen molar-refractivity contribution in [2.75, 3.05) is 32.5 Å². The number of rotatable bonds is 9. The average molecular weight is 579 g/mol. The van der Waals surface area contributed by atoms with Gasteiger partial charge in [0.05, 0.1) is 17.4 Å². The number of fused-ring (bicyclic) bond motifs is 1. The summed E-state index contributed by atoms with van der Waals surface area (Å²) in [6.45, 7) is 9.48. The molecule has 1 saturated heterocycles. The van der Waals surface area contributed by atoms with Crippen LogP contribution in [0.2, 0.25) is 0 Å². The molecule has 0 spiro atoms.